The standard InChI is InChI=1S/C26H22ClN5OS/c1-15-6-4-5-7-22(15)31-16(2)12-19(17(31)3)14-21-24(28)32-26(29-25(21)33)34-23(30-32)13-18-8-10-20(27)11-9-18/h4-12,14,28H,13H2,1-3H3/b21-14-,28-24?. The third-order valence-corrected chi connectivity index (χ3v) is 7.05. The van der Waals surface area contributed by atoms with Gasteiger partial charge in [-0.25, -0.2) is 0 Å². The van der Waals surface area contributed by atoms with E-state index >= 15 is 0 Å². The van der Waals surface area contributed by atoms with Gasteiger partial charge < -0.3 is 4.57 Å². The van der Waals surface area contributed by atoms with Gasteiger partial charge in [0.1, 0.15) is 5.04 Å². The molecule has 3 heterocycles. The Morgan fingerprint density at radius 2 is 1.82 bits per heavy atom. The fourth-order valence-electron chi connectivity index (χ4n) is 4.15. The number of hydrazone groups is 1. The van der Waals surface area contributed by atoms with Gasteiger partial charge in [-0.05, 0) is 79.6 Å². The zero-order valence-corrected chi connectivity index (χ0v) is 20.5. The second-order valence-electron chi connectivity index (χ2n) is 8.27. The number of nitrogens with one attached hydrogen (secondary N) is 1. The van der Waals surface area contributed by atoms with Crippen LogP contribution < -0.4 is 0 Å². The molecular weight excluding hydrogens is 466 g/mol. The van der Waals surface area contributed by atoms with Gasteiger partial charge in [-0.3, -0.25) is 10.2 Å². The average Bonchev–Trinajstić information content (AvgIpc) is 3.33. The fraction of sp³-hybridized carbons (Fsp3) is 0.154. The number of para-hydroxylation sites is 1. The van der Waals surface area contributed by atoms with Gasteiger partial charge in [0, 0.05) is 28.5 Å². The molecule has 170 valence electrons. The monoisotopic (exact) mass is 487 g/mol. The summed E-state index contributed by atoms with van der Waals surface area (Å²) in [6.07, 6.45) is 2.33. The Labute approximate surface area is 207 Å². The number of benzene rings is 2. The third kappa shape index (κ3) is 4.02. The molecule has 0 bridgehead atoms. The van der Waals surface area contributed by atoms with Crippen molar-refractivity contribution < 1.29 is 4.79 Å². The number of carbonyl (C=O) groups excluding carboxylic acids is 1. The number of nitrogens with zero attached hydrogens (tertiary/aromatic N) is 4. The van der Waals surface area contributed by atoms with E-state index in [1.54, 1.807) is 6.08 Å². The lowest BCUT2D eigenvalue weighted by atomic mass is 10.1. The summed E-state index contributed by atoms with van der Waals surface area (Å²) in [7, 11) is 0. The number of aliphatic imine (C=N–C) groups is 1. The second kappa shape index (κ2) is 8.74. The molecule has 0 fully saturated rings. The zero-order chi connectivity index (χ0) is 24.0. The zero-order valence-electron chi connectivity index (χ0n) is 19.0. The average molecular weight is 488 g/mol. The number of thioether (sulfide) groups is 1. The molecule has 0 saturated carbocycles. The van der Waals surface area contributed by atoms with Crippen LogP contribution in [-0.4, -0.2) is 31.5 Å². The molecule has 5 rings (SSSR count). The highest BCUT2D eigenvalue weighted by atomic mass is 35.5. The number of amides is 1. The summed E-state index contributed by atoms with van der Waals surface area (Å²) < 4.78 is 2.17. The van der Waals surface area contributed by atoms with Crippen LogP contribution in [0.25, 0.3) is 11.8 Å². The molecule has 6 nitrogen and oxygen atoms in total. The number of rotatable bonds is 4. The van der Waals surface area contributed by atoms with E-state index in [9.17, 15) is 4.79 Å². The SMILES string of the molecule is Cc1ccccc1-n1c(C)cc(/C=C2/C(=N)N3N=C(Cc4ccc(Cl)cc4)SC3=NC2=O)c1C. The van der Waals surface area contributed by atoms with E-state index in [1.165, 1.54) is 16.8 Å². The van der Waals surface area contributed by atoms with Gasteiger partial charge in [-0.15, -0.1) is 0 Å². The molecule has 0 atom stereocenters. The maximum Gasteiger partial charge on any atom is 0.283 e. The Hall–Kier alpha value is -3.42. The van der Waals surface area contributed by atoms with Crippen molar-refractivity contribution in [1.82, 2.24) is 9.58 Å². The van der Waals surface area contributed by atoms with Crippen molar-refractivity contribution in [2.75, 3.05) is 0 Å². The van der Waals surface area contributed by atoms with E-state index in [0.29, 0.717) is 16.6 Å². The summed E-state index contributed by atoms with van der Waals surface area (Å²) >= 11 is 7.29. The van der Waals surface area contributed by atoms with Crippen molar-refractivity contribution in [2.24, 2.45) is 10.1 Å². The second-order valence-corrected chi connectivity index (χ2v) is 9.74. The molecule has 1 amide bonds. The van der Waals surface area contributed by atoms with Crippen LogP contribution in [-0.2, 0) is 11.2 Å². The first kappa shape index (κ1) is 22.4. The van der Waals surface area contributed by atoms with Gasteiger partial charge in [0.05, 0.1) is 5.57 Å². The number of halogens is 1. The van der Waals surface area contributed by atoms with E-state index in [2.05, 4.69) is 33.7 Å². The first-order valence-corrected chi connectivity index (χ1v) is 12.0. The minimum atomic E-state index is -0.424. The van der Waals surface area contributed by atoms with Gasteiger partial charge in [0.2, 0.25) is 5.17 Å². The summed E-state index contributed by atoms with van der Waals surface area (Å²) in [6, 6.07) is 17.8. The third-order valence-electron chi connectivity index (χ3n) is 5.89. The molecule has 34 heavy (non-hydrogen) atoms. The summed E-state index contributed by atoms with van der Waals surface area (Å²) in [5, 5.41) is 16.6. The number of carbonyl (C=O) groups is 1. The Bertz CT molecular complexity index is 1430. The van der Waals surface area contributed by atoms with Gasteiger partial charge in [-0.1, -0.05) is 41.9 Å². The van der Waals surface area contributed by atoms with Crippen molar-refractivity contribution in [1.29, 1.82) is 5.41 Å². The van der Waals surface area contributed by atoms with Crippen LogP contribution >= 0.6 is 23.4 Å². The molecular formula is C26H22ClN5OS. The predicted molar refractivity (Wildman–Crippen MR) is 140 cm³/mol. The van der Waals surface area contributed by atoms with E-state index in [1.807, 2.05) is 56.3 Å². The van der Waals surface area contributed by atoms with Crippen molar-refractivity contribution in [3.05, 3.63) is 93.3 Å². The first-order valence-electron chi connectivity index (χ1n) is 10.8. The lowest BCUT2D eigenvalue weighted by molar-refractivity contribution is -0.114. The van der Waals surface area contributed by atoms with Crippen LogP contribution in [0.15, 0.2) is 70.3 Å². The van der Waals surface area contributed by atoms with Crippen molar-refractivity contribution in [3.8, 4) is 5.69 Å². The van der Waals surface area contributed by atoms with Gasteiger partial charge in [-0.2, -0.15) is 15.1 Å². The number of amidine groups is 2. The molecule has 0 spiro atoms. The molecule has 1 aromatic heterocycles. The highest BCUT2D eigenvalue weighted by Gasteiger charge is 2.35. The Balaban J connectivity index is 1.46. The number of hydrogen-bond acceptors (Lipinski definition) is 4. The minimum absolute atomic E-state index is 0.0364. The van der Waals surface area contributed by atoms with E-state index < -0.39 is 5.91 Å². The van der Waals surface area contributed by atoms with Crippen LogP contribution in [0, 0.1) is 26.2 Å². The smallest absolute Gasteiger partial charge is 0.283 e. The molecule has 8 heteroatoms. The Morgan fingerprint density at radius 1 is 1.09 bits per heavy atom. The number of fused-ring (bicyclic) bond motifs is 1. The Morgan fingerprint density at radius 3 is 2.56 bits per heavy atom. The topological polar surface area (TPSA) is 73.8 Å². The van der Waals surface area contributed by atoms with Crippen molar-refractivity contribution in [2.45, 2.75) is 27.2 Å². The highest BCUT2D eigenvalue weighted by Crippen LogP contribution is 2.31. The van der Waals surface area contributed by atoms with Crippen LogP contribution in [0.3, 0.4) is 0 Å². The van der Waals surface area contributed by atoms with Crippen LogP contribution in [0.5, 0.6) is 0 Å². The van der Waals surface area contributed by atoms with Gasteiger partial charge >= 0.3 is 0 Å². The molecule has 0 unspecified atom stereocenters. The van der Waals surface area contributed by atoms with Gasteiger partial charge in [0.15, 0.2) is 5.84 Å². The van der Waals surface area contributed by atoms with Crippen LogP contribution in [0.2, 0.25) is 5.02 Å². The maximum absolute atomic E-state index is 12.9. The summed E-state index contributed by atoms with van der Waals surface area (Å²) in [4.78, 5) is 17.1. The van der Waals surface area contributed by atoms with Crippen LogP contribution in [0.1, 0.15) is 28.1 Å². The normalized spacial score (nSPS) is 16.7. The highest BCUT2D eigenvalue weighted by molar-refractivity contribution is 8.26. The molecule has 2 aliphatic heterocycles. The summed E-state index contributed by atoms with van der Waals surface area (Å²) in [5.41, 5.74) is 6.47. The largest absolute Gasteiger partial charge is 0.318 e. The van der Waals surface area contributed by atoms with Crippen LogP contribution in [0.4, 0.5) is 0 Å². The molecule has 0 aliphatic carbocycles. The van der Waals surface area contributed by atoms with E-state index in [0.717, 1.165) is 38.8 Å². The first-order chi connectivity index (χ1) is 16.3. The quantitative estimate of drug-likeness (QED) is 0.464. The van der Waals surface area contributed by atoms with Crippen molar-refractivity contribution in [3.63, 3.8) is 0 Å². The van der Waals surface area contributed by atoms with Crippen molar-refractivity contribution >= 4 is 51.4 Å². The summed E-state index contributed by atoms with van der Waals surface area (Å²) in [5.74, 6) is -0.387. The van der Waals surface area contributed by atoms with Gasteiger partial charge in [0.25, 0.3) is 5.91 Å². The summed E-state index contributed by atoms with van der Waals surface area (Å²) in [6.45, 7) is 6.13. The fourth-order valence-corrected chi connectivity index (χ4v) is 5.20. The number of aromatic nitrogens is 1. The molecule has 3 aromatic rings. The number of hydrogen-bond donors (Lipinski definition) is 1. The molecule has 1 N–H and O–H groups in total. The molecule has 2 aliphatic rings. The maximum atomic E-state index is 12.9. The molecule has 2 aromatic carbocycles. The lowest BCUT2D eigenvalue weighted by Crippen LogP contribution is -2.35. The van der Waals surface area contributed by atoms with E-state index in [4.69, 9.17) is 17.0 Å². The lowest BCUT2D eigenvalue weighted by Gasteiger charge is -2.20. The predicted octanol–water partition coefficient (Wildman–Crippen LogP) is 5.92. The molecule has 0 radical (unpaired) electrons. The number of aryl methyl sites for hydroxylation is 2. The molecule has 0 saturated heterocycles. The minimum Gasteiger partial charge on any atom is -0.318 e. The van der Waals surface area contributed by atoms with E-state index in [-0.39, 0.29) is 11.4 Å². The Kier molecular flexibility index (Phi) is 5.75.